The molecule has 2 rings (SSSR count). The first-order valence-electron chi connectivity index (χ1n) is 10.2. The lowest BCUT2D eigenvalue weighted by Gasteiger charge is -2.21. The fourth-order valence-corrected chi connectivity index (χ4v) is 4.39. The molecule has 0 aliphatic carbocycles. The summed E-state index contributed by atoms with van der Waals surface area (Å²) >= 11 is 1.03. The summed E-state index contributed by atoms with van der Waals surface area (Å²) in [4.78, 5) is 27.7. The minimum atomic E-state index is -0.542. The summed E-state index contributed by atoms with van der Waals surface area (Å²) in [5, 5.41) is 29.4. The number of nitriles is 2. The number of benzene rings is 1. The highest BCUT2D eigenvalue weighted by atomic mass is 32.1. The van der Waals surface area contributed by atoms with Crippen molar-refractivity contribution in [3.8, 4) is 17.9 Å². The maximum atomic E-state index is 12.8. The predicted molar refractivity (Wildman–Crippen MR) is 124 cm³/mol. The van der Waals surface area contributed by atoms with Crippen LogP contribution in [0.1, 0.15) is 52.0 Å². The largest absolute Gasteiger partial charge is 0.507 e. The predicted octanol–water partition coefficient (Wildman–Crippen LogP) is 4.38. The van der Waals surface area contributed by atoms with Gasteiger partial charge in [0.1, 0.15) is 22.8 Å². The van der Waals surface area contributed by atoms with Gasteiger partial charge in [0.05, 0.1) is 17.7 Å². The number of phenols is 1. The number of Topliss-reactive ketones (excluding diaryl/α,β-unsaturated/α-hetero) is 1. The Hall–Kier alpha value is -3.62. The van der Waals surface area contributed by atoms with E-state index in [9.17, 15) is 25.2 Å². The lowest BCUT2D eigenvalue weighted by atomic mass is 10.0. The van der Waals surface area contributed by atoms with Gasteiger partial charge in [-0.05, 0) is 51.5 Å². The van der Waals surface area contributed by atoms with Crippen molar-refractivity contribution in [3.05, 3.63) is 50.2 Å². The van der Waals surface area contributed by atoms with Gasteiger partial charge < -0.3 is 14.7 Å². The molecule has 0 spiro atoms. The first kappa shape index (κ1) is 24.6. The maximum Gasteiger partial charge on any atom is 0.348 e. The Morgan fingerprint density at radius 1 is 1.22 bits per heavy atom. The number of nitrogens with zero attached hydrogens (tertiary/aromatic N) is 3. The van der Waals surface area contributed by atoms with Crippen molar-refractivity contribution in [2.45, 2.75) is 34.1 Å². The van der Waals surface area contributed by atoms with Crippen molar-refractivity contribution in [2.75, 3.05) is 24.6 Å². The first-order valence-corrected chi connectivity index (χ1v) is 11.0. The van der Waals surface area contributed by atoms with Crippen molar-refractivity contribution in [1.29, 1.82) is 10.5 Å². The molecule has 1 N–H and O–H groups in total. The van der Waals surface area contributed by atoms with Gasteiger partial charge >= 0.3 is 5.97 Å². The van der Waals surface area contributed by atoms with E-state index >= 15 is 0 Å². The SMILES string of the molecule is CCOC(=O)c1sc(CC(=O)C(C#N)=Cc2ccc(N(CC)CC)cc2O)c(C#N)c1C. The van der Waals surface area contributed by atoms with Crippen LogP contribution in [0.3, 0.4) is 0 Å². The number of ether oxygens (including phenoxy) is 1. The van der Waals surface area contributed by atoms with Crippen LogP contribution in [0.4, 0.5) is 5.69 Å². The molecule has 1 aromatic heterocycles. The zero-order valence-electron chi connectivity index (χ0n) is 18.6. The number of anilines is 1. The second kappa shape index (κ2) is 11.1. The number of ketones is 1. The van der Waals surface area contributed by atoms with Crippen LogP contribution >= 0.6 is 11.3 Å². The summed E-state index contributed by atoms with van der Waals surface area (Å²) in [5.41, 5.74) is 1.75. The van der Waals surface area contributed by atoms with Gasteiger partial charge in [-0.1, -0.05) is 0 Å². The van der Waals surface area contributed by atoms with Crippen LogP contribution in [0.25, 0.3) is 6.08 Å². The topological polar surface area (TPSA) is 114 Å². The molecule has 2 aromatic rings. The third-order valence-electron chi connectivity index (χ3n) is 4.98. The van der Waals surface area contributed by atoms with Gasteiger partial charge in [0.15, 0.2) is 5.78 Å². The Kier molecular flexibility index (Phi) is 8.57. The fourth-order valence-electron chi connectivity index (χ4n) is 3.25. The highest BCUT2D eigenvalue weighted by Crippen LogP contribution is 2.30. The first-order chi connectivity index (χ1) is 15.3. The summed E-state index contributed by atoms with van der Waals surface area (Å²) in [6.07, 6.45) is 1.13. The van der Waals surface area contributed by atoms with E-state index in [1.165, 1.54) is 6.08 Å². The third kappa shape index (κ3) is 5.35. The molecular formula is C24H25N3O4S. The van der Waals surface area contributed by atoms with Crippen LogP contribution in [0, 0.1) is 29.6 Å². The molecule has 1 heterocycles. The third-order valence-corrected chi connectivity index (χ3v) is 6.25. The normalized spacial score (nSPS) is 10.9. The average molecular weight is 452 g/mol. The minimum Gasteiger partial charge on any atom is -0.507 e. The van der Waals surface area contributed by atoms with E-state index in [0.717, 1.165) is 30.1 Å². The Morgan fingerprint density at radius 3 is 2.44 bits per heavy atom. The van der Waals surface area contributed by atoms with Gasteiger partial charge in [-0.25, -0.2) is 4.79 Å². The molecule has 166 valence electrons. The number of carbonyl (C=O) groups is 2. The van der Waals surface area contributed by atoms with E-state index in [1.807, 2.05) is 32.1 Å². The molecule has 0 radical (unpaired) electrons. The van der Waals surface area contributed by atoms with Crippen LogP contribution in [0.2, 0.25) is 0 Å². The number of rotatable bonds is 9. The number of aromatic hydroxyl groups is 1. The molecule has 0 fully saturated rings. The van der Waals surface area contributed by atoms with Gasteiger partial charge in [0, 0.05) is 41.7 Å². The molecule has 8 heteroatoms. The van der Waals surface area contributed by atoms with Gasteiger partial charge in [-0.15, -0.1) is 11.3 Å². The maximum absolute atomic E-state index is 12.8. The molecule has 0 unspecified atom stereocenters. The Labute approximate surface area is 191 Å². The van der Waals surface area contributed by atoms with E-state index in [2.05, 4.69) is 4.90 Å². The lowest BCUT2D eigenvalue weighted by Crippen LogP contribution is -2.21. The summed E-state index contributed by atoms with van der Waals surface area (Å²) in [6.45, 7) is 9.09. The van der Waals surface area contributed by atoms with Crippen LogP contribution in [0.15, 0.2) is 23.8 Å². The molecule has 0 saturated heterocycles. The highest BCUT2D eigenvalue weighted by Gasteiger charge is 2.23. The number of hydrogen-bond acceptors (Lipinski definition) is 8. The van der Waals surface area contributed by atoms with E-state index in [-0.39, 0.29) is 34.8 Å². The van der Waals surface area contributed by atoms with Gasteiger partial charge in [-0.3, -0.25) is 4.79 Å². The molecule has 1 aromatic carbocycles. The van der Waals surface area contributed by atoms with Gasteiger partial charge in [-0.2, -0.15) is 10.5 Å². The molecule has 0 amide bonds. The quantitative estimate of drug-likeness (QED) is 0.342. The number of hydrogen-bond donors (Lipinski definition) is 1. The zero-order valence-corrected chi connectivity index (χ0v) is 19.4. The van der Waals surface area contributed by atoms with Crippen LogP contribution < -0.4 is 4.90 Å². The van der Waals surface area contributed by atoms with Crippen molar-refractivity contribution in [1.82, 2.24) is 0 Å². The van der Waals surface area contributed by atoms with Crippen molar-refractivity contribution in [2.24, 2.45) is 0 Å². The molecular weight excluding hydrogens is 426 g/mol. The van der Waals surface area contributed by atoms with Crippen LogP contribution in [-0.4, -0.2) is 36.6 Å². The summed E-state index contributed by atoms with van der Waals surface area (Å²) in [6, 6.07) is 8.99. The summed E-state index contributed by atoms with van der Waals surface area (Å²) in [7, 11) is 0. The summed E-state index contributed by atoms with van der Waals surface area (Å²) < 4.78 is 5.01. The van der Waals surface area contributed by atoms with E-state index in [1.54, 1.807) is 26.0 Å². The van der Waals surface area contributed by atoms with Crippen molar-refractivity contribution < 1.29 is 19.4 Å². The number of carbonyl (C=O) groups excluding carboxylic acids is 2. The monoisotopic (exact) mass is 451 g/mol. The minimum absolute atomic E-state index is 0.0378. The Balaban J connectivity index is 2.34. The molecule has 0 aliphatic heterocycles. The number of thiophene rings is 1. The van der Waals surface area contributed by atoms with E-state index < -0.39 is 11.8 Å². The molecule has 0 saturated carbocycles. The molecule has 0 bridgehead atoms. The van der Waals surface area contributed by atoms with Crippen LogP contribution in [-0.2, 0) is 16.0 Å². The highest BCUT2D eigenvalue weighted by molar-refractivity contribution is 7.14. The van der Waals surface area contributed by atoms with Crippen molar-refractivity contribution >= 4 is 34.9 Å². The Bertz CT molecular complexity index is 1130. The van der Waals surface area contributed by atoms with Gasteiger partial charge in [0.2, 0.25) is 0 Å². The van der Waals surface area contributed by atoms with Crippen LogP contribution in [0.5, 0.6) is 5.75 Å². The van der Waals surface area contributed by atoms with Gasteiger partial charge in [0.25, 0.3) is 0 Å². The number of esters is 1. The Morgan fingerprint density at radius 2 is 1.91 bits per heavy atom. The number of allylic oxidation sites excluding steroid dienone is 1. The molecule has 7 nitrogen and oxygen atoms in total. The molecule has 32 heavy (non-hydrogen) atoms. The number of phenolic OH excluding ortho intramolecular Hbond substituents is 1. The smallest absolute Gasteiger partial charge is 0.348 e. The van der Waals surface area contributed by atoms with E-state index in [0.29, 0.717) is 16.0 Å². The standard InChI is InChI=1S/C24H25N3O4S/c1-5-27(6-2)18-9-8-16(20(28)11-18)10-17(13-25)21(29)12-22-19(14-26)15(4)23(32-22)24(30)31-7-3/h8-11,28H,5-7,12H2,1-4H3. The second-order valence-electron chi connectivity index (χ2n) is 6.87. The van der Waals surface area contributed by atoms with Crippen molar-refractivity contribution in [3.63, 3.8) is 0 Å². The lowest BCUT2D eigenvalue weighted by molar-refractivity contribution is -0.114. The summed E-state index contributed by atoms with van der Waals surface area (Å²) in [5.74, 6) is -1.09. The fraction of sp³-hybridized carbons (Fsp3) is 0.333. The zero-order chi connectivity index (χ0) is 23.8. The second-order valence-corrected chi connectivity index (χ2v) is 7.98. The molecule has 0 atom stereocenters. The average Bonchev–Trinajstić information content (AvgIpc) is 3.09. The molecule has 0 aliphatic rings. The van der Waals surface area contributed by atoms with E-state index in [4.69, 9.17) is 4.74 Å².